The Hall–Kier alpha value is -0.210. The van der Waals surface area contributed by atoms with Gasteiger partial charge in [-0.3, -0.25) is 0 Å². The summed E-state index contributed by atoms with van der Waals surface area (Å²) in [5.74, 6) is -0.157. The molecular formula is C6H6F3. The third-order valence-electron chi connectivity index (χ3n) is 2.23. The first-order valence-electron chi connectivity index (χ1n) is 2.98. The van der Waals surface area contributed by atoms with Gasteiger partial charge in [-0.25, -0.2) is 0 Å². The molecule has 0 heterocycles. The molecule has 2 saturated carbocycles. The van der Waals surface area contributed by atoms with Crippen LogP contribution in [-0.2, 0) is 0 Å². The van der Waals surface area contributed by atoms with Gasteiger partial charge in [0.1, 0.15) is 0 Å². The highest BCUT2D eigenvalue weighted by molar-refractivity contribution is 5.35. The smallest absolute Gasteiger partial charge is 0.170 e. The maximum Gasteiger partial charge on any atom is 0.395 e. The zero-order chi connectivity index (χ0) is 6.70. The fraction of sp³-hybridized carbons (Fsp3) is 0.833. The van der Waals surface area contributed by atoms with Crippen LogP contribution in [0.1, 0.15) is 19.3 Å². The van der Waals surface area contributed by atoms with Crippen LogP contribution in [0.15, 0.2) is 0 Å². The van der Waals surface area contributed by atoms with Crippen molar-refractivity contribution in [3.05, 3.63) is 5.92 Å². The molecule has 51 valence electrons. The van der Waals surface area contributed by atoms with Crippen LogP contribution in [-0.4, -0.2) is 6.18 Å². The molecule has 3 heteroatoms. The third kappa shape index (κ3) is 0.667. The largest absolute Gasteiger partial charge is 0.395 e. The van der Waals surface area contributed by atoms with Crippen LogP contribution >= 0.6 is 0 Å². The lowest BCUT2D eigenvalue weighted by Gasteiger charge is -2.01. The van der Waals surface area contributed by atoms with E-state index < -0.39 is 6.18 Å². The average molecular weight is 135 g/mol. The van der Waals surface area contributed by atoms with Crippen molar-refractivity contribution in [3.8, 4) is 0 Å². The number of hydrogen-bond donors (Lipinski definition) is 0. The quantitative estimate of drug-likeness (QED) is 0.478. The Labute approximate surface area is 51.0 Å². The van der Waals surface area contributed by atoms with E-state index >= 15 is 0 Å². The molecule has 0 unspecified atom stereocenters. The van der Waals surface area contributed by atoms with E-state index in [4.69, 9.17) is 0 Å². The van der Waals surface area contributed by atoms with Gasteiger partial charge < -0.3 is 0 Å². The molecule has 1 spiro atoms. The number of alkyl halides is 3. The Morgan fingerprint density at radius 1 is 1.22 bits per heavy atom. The van der Waals surface area contributed by atoms with E-state index in [-0.39, 0.29) is 11.3 Å². The fourth-order valence-corrected chi connectivity index (χ4v) is 1.32. The second-order valence-electron chi connectivity index (χ2n) is 2.93. The van der Waals surface area contributed by atoms with E-state index in [1.807, 2.05) is 0 Å². The second-order valence-corrected chi connectivity index (χ2v) is 2.93. The van der Waals surface area contributed by atoms with Gasteiger partial charge in [0.15, 0.2) is 0 Å². The minimum Gasteiger partial charge on any atom is -0.170 e. The maximum absolute atomic E-state index is 11.7. The van der Waals surface area contributed by atoms with E-state index in [9.17, 15) is 13.2 Å². The molecule has 0 saturated heterocycles. The second kappa shape index (κ2) is 1.13. The van der Waals surface area contributed by atoms with E-state index in [2.05, 4.69) is 0 Å². The Morgan fingerprint density at radius 3 is 1.89 bits per heavy atom. The van der Waals surface area contributed by atoms with Crippen molar-refractivity contribution >= 4 is 0 Å². The van der Waals surface area contributed by atoms with Gasteiger partial charge in [-0.2, -0.15) is 13.2 Å². The number of hydrogen-bond acceptors (Lipinski definition) is 0. The molecule has 0 N–H and O–H groups in total. The van der Waals surface area contributed by atoms with Gasteiger partial charge >= 0.3 is 6.18 Å². The molecule has 0 aromatic carbocycles. The molecule has 2 aliphatic carbocycles. The van der Waals surface area contributed by atoms with E-state index in [0.717, 1.165) is 12.8 Å². The summed E-state index contributed by atoms with van der Waals surface area (Å²) in [6.07, 6.45) is -2.09. The summed E-state index contributed by atoms with van der Waals surface area (Å²) in [7, 11) is 0. The maximum atomic E-state index is 11.7. The zero-order valence-electron chi connectivity index (χ0n) is 4.76. The SMILES string of the molecule is FC(F)(F)[C]1CC12CC2. The molecule has 2 rings (SSSR count). The van der Waals surface area contributed by atoms with E-state index in [0.29, 0.717) is 6.42 Å². The van der Waals surface area contributed by atoms with Crippen molar-refractivity contribution in [3.63, 3.8) is 0 Å². The molecular weight excluding hydrogens is 129 g/mol. The summed E-state index contributed by atoms with van der Waals surface area (Å²) in [5.41, 5.74) is -0.307. The highest BCUT2D eigenvalue weighted by Gasteiger charge is 2.73. The fourth-order valence-electron chi connectivity index (χ4n) is 1.32. The third-order valence-corrected chi connectivity index (χ3v) is 2.23. The van der Waals surface area contributed by atoms with Gasteiger partial charge in [-0.1, -0.05) is 0 Å². The first kappa shape index (κ1) is 5.57. The molecule has 0 bridgehead atoms. The summed E-state index contributed by atoms with van der Waals surface area (Å²) in [5, 5.41) is 0. The highest BCUT2D eigenvalue weighted by atomic mass is 19.4. The van der Waals surface area contributed by atoms with Crippen molar-refractivity contribution in [2.75, 3.05) is 0 Å². The molecule has 0 aliphatic heterocycles. The first-order valence-corrected chi connectivity index (χ1v) is 2.98. The summed E-state index contributed by atoms with van der Waals surface area (Å²) in [6.45, 7) is 0. The minimum atomic E-state index is -3.98. The summed E-state index contributed by atoms with van der Waals surface area (Å²) >= 11 is 0. The van der Waals surface area contributed by atoms with Crippen LogP contribution in [0.25, 0.3) is 0 Å². The highest BCUT2D eigenvalue weighted by Crippen LogP contribution is 2.76. The van der Waals surface area contributed by atoms with Gasteiger partial charge in [0, 0.05) is 0 Å². The van der Waals surface area contributed by atoms with Gasteiger partial charge in [-0.15, -0.1) is 0 Å². The van der Waals surface area contributed by atoms with Crippen LogP contribution in [0, 0.1) is 11.3 Å². The minimum absolute atomic E-state index is 0.157. The standard InChI is InChI=1S/C6H6F3/c7-6(8,9)4-3-5(4)1-2-5/h1-3H2. The zero-order valence-corrected chi connectivity index (χ0v) is 4.76. The molecule has 2 aliphatic rings. The van der Waals surface area contributed by atoms with E-state index in [1.54, 1.807) is 0 Å². The predicted molar refractivity (Wildman–Crippen MR) is 25.6 cm³/mol. The van der Waals surface area contributed by atoms with Crippen LogP contribution in [0.5, 0.6) is 0 Å². The van der Waals surface area contributed by atoms with E-state index in [1.165, 1.54) is 0 Å². The Bertz CT molecular complexity index is 143. The molecule has 9 heavy (non-hydrogen) atoms. The Balaban J connectivity index is 2.04. The van der Waals surface area contributed by atoms with Crippen LogP contribution < -0.4 is 0 Å². The van der Waals surface area contributed by atoms with Crippen molar-refractivity contribution < 1.29 is 13.2 Å². The van der Waals surface area contributed by atoms with Gasteiger partial charge in [0.05, 0.1) is 5.92 Å². The van der Waals surface area contributed by atoms with Gasteiger partial charge in [0.2, 0.25) is 0 Å². The molecule has 2 fully saturated rings. The van der Waals surface area contributed by atoms with Crippen molar-refractivity contribution in [2.45, 2.75) is 25.4 Å². The lowest BCUT2D eigenvalue weighted by molar-refractivity contribution is -0.105. The van der Waals surface area contributed by atoms with Crippen LogP contribution in [0.2, 0.25) is 0 Å². The molecule has 0 aromatic heterocycles. The summed E-state index contributed by atoms with van der Waals surface area (Å²) in [4.78, 5) is 0. The van der Waals surface area contributed by atoms with Gasteiger partial charge in [-0.05, 0) is 24.7 Å². The van der Waals surface area contributed by atoms with Crippen molar-refractivity contribution in [1.29, 1.82) is 0 Å². The van der Waals surface area contributed by atoms with Crippen LogP contribution in [0.4, 0.5) is 13.2 Å². The lowest BCUT2D eigenvalue weighted by atomic mass is 10.3. The number of rotatable bonds is 0. The Kier molecular flexibility index (Phi) is 0.702. The average Bonchev–Trinajstić information content (AvgIpc) is 2.46. The molecule has 1 radical (unpaired) electrons. The Morgan fingerprint density at radius 2 is 1.78 bits per heavy atom. The predicted octanol–water partition coefficient (Wildman–Crippen LogP) is 2.31. The molecule has 0 nitrogen and oxygen atoms in total. The van der Waals surface area contributed by atoms with Crippen LogP contribution in [0.3, 0.4) is 0 Å². The first-order chi connectivity index (χ1) is 4.05. The molecule has 0 amide bonds. The summed E-state index contributed by atoms with van der Waals surface area (Å²) in [6, 6.07) is 0. The van der Waals surface area contributed by atoms with Crippen molar-refractivity contribution in [1.82, 2.24) is 0 Å². The molecule has 0 atom stereocenters. The summed E-state index contributed by atoms with van der Waals surface area (Å²) < 4.78 is 35.2. The van der Waals surface area contributed by atoms with Crippen molar-refractivity contribution in [2.24, 2.45) is 5.41 Å². The monoisotopic (exact) mass is 135 g/mol. The van der Waals surface area contributed by atoms with Gasteiger partial charge in [0.25, 0.3) is 0 Å². The number of halogens is 3. The molecule has 0 aromatic rings. The topological polar surface area (TPSA) is 0 Å². The lowest BCUT2D eigenvalue weighted by Crippen LogP contribution is -2.09. The normalized spacial score (nSPS) is 31.0.